The molecule has 1 aromatic rings. The molecule has 176 valence electrons. The highest BCUT2D eigenvalue weighted by Gasteiger charge is 2.55. The summed E-state index contributed by atoms with van der Waals surface area (Å²) >= 11 is 0. The average Bonchev–Trinajstić information content (AvgIpc) is 2.82. The first-order valence-corrected chi connectivity index (χ1v) is 12.3. The van der Waals surface area contributed by atoms with E-state index in [9.17, 15) is 33.6 Å². The van der Waals surface area contributed by atoms with Crippen LogP contribution in [0.1, 0.15) is 6.23 Å². The molecule has 1 saturated heterocycles. The highest BCUT2D eigenvalue weighted by molar-refractivity contribution is 7.66. The zero-order chi connectivity index (χ0) is 23.8. The Kier molecular flexibility index (Phi) is 7.47. The molecule has 0 saturated carbocycles. The second kappa shape index (κ2) is 8.92. The summed E-state index contributed by atoms with van der Waals surface area (Å²) in [6.07, 6.45) is -3.37. The van der Waals surface area contributed by atoms with E-state index < -0.39 is 59.8 Å². The van der Waals surface area contributed by atoms with Crippen molar-refractivity contribution in [2.75, 3.05) is 12.3 Å². The van der Waals surface area contributed by atoms with E-state index in [-0.39, 0.29) is 5.82 Å². The molecule has 17 nitrogen and oxygen atoms in total. The van der Waals surface area contributed by atoms with Crippen LogP contribution >= 0.6 is 23.5 Å². The summed E-state index contributed by atoms with van der Waals surface area (Å²) in [6, 6.07) is 1.18. The molecule has 31 heavy (non-hydrogen) atoms. The first kappa shape index (κ1) is 26.0. The van der Waals surface area contributed by atoms with Gasteiger partial charge in [-0.25, -0.2) is 18.5 Å². The van der Waals surface area contributed by atoms with Crippen LogP contribution in [0.2, 0.25) is 0 Å². The maximum Gasteiger partial charge on any atom is 0.490 e. The van der Waals surface area contributed by atoms with E-state index in [0.717, 1.165) is 16.8 Å². The number of rotatable bonds is 9. The second-order valence-corrected chi connectivity index (χ2v) is 10.4. The van der Waals surface area contributed by atoms with Gasteiger partial charge in [-0.05, 0) is 6.07 Å². The van der Waals surface area contributed by atoms with Gasteiger partial charge in [-0.1, -0.05) is 6.08 Å². The van der Waals surface area contributed by atoms with Gasteiger partial charge in [0.2, 0.25) is 0 Å². The second-order valence-electron chi connectivity index (χ2n) is 6.01. The predicted molar refractivity (Wildman–Crippen MR) is 97.8 cm³/mol. The minimum atomic E-state index is -5.77. The number of hydrogen-bond donors (Lipinski definition) is 7. The van der Waals surface area contributed by atoms with Crippen molar-refractivity contribution in [3.8, 4) is 0 Å². The number of anilines is 1. The molecule has 0 spiro atoms. The van der Waals surface area contributed by atoms with Crippen molar-refractivity contribution in [3.05, 3.63) is 35.4 Å². The van der Waals surface area contributed by atoms with E-state index in [2.05, 4.69) is 24.7 Å². The summed E-state index contributed by atoms with van der Waals surface area (Å²) in [5, 5.41) is 20.6. The van der Waals surface area contributed by atoms with Crippen LogP contribution in [0.3, 0.4) is 0 Å². The molecule has 2 rings (SSSR count). The molecule has 2 heterocycles. The lowest BCUT2D eigenvalue weighted by Gasteiger charge is -2.28. The van der Waals surface area contributed by atoms with Crippen LogP contribution < -0.4 is 11.4 Å². The van der Waals surface area contributed by atoms with Crippen molar-refractivity contribution in [2.24, 2.45) is 0 Å². The quantitative estimate of drug-likeness (QED) is 0.145. The fourth-order valence-corrected chi connectivity index (χ4v) is 5.54. The lowest BCUT2D eigenvalue weighted by Crippen LogP contribution is -2.45. The number of nitrogens with two attached hydrogens (primary N) is 1. The lowest BCUT2D eigenvalue weighted by molar-refractivity contribution is -0.0975. The number of nitrogens with zero attached hydrogens (tertiary/aromatic N) is 2. The summed E-state index contributed by atoms with van der Waals surface area (Å²) in [5.41, 5.74) is 2.24. The predicted octanol–water partition coefficient (Wildman–Crippen LogP) is -1.66. The van der Waals surface area contributed by atoms with Crippen molar-refractivity contribution in [2.45, 2.75) is 24.0 Å². The number of aliphatic hydroxyl groups is 2. The molecule has 0 bridgehead atoms. The zero-order valence-electron chi connectivity index (χ0n) is 15.1. The number of ether oxygens (including phenoxy) is 1. The standard InChI is InChI=1S/C11H18N3O14P3/c1-2-11(5-25-30(21,22)28-31(23,24)27-29(18,19)20)8(16)7(15)9(26-11)14-4-3-6(12)13-10(14)17/h2-4,7-9,15-16H,1,5H2,(H,21,22)(H,23,24)(H2,12,13,17)(H2,18,19,20)/t7-,8+,9-,11-/m1/s1. The zero-order valence-corrected chi connectivity index (χ0v) is 17.8. The summed E-state index contributed by atoms with van der Waals surface area (Å²) in [5.74, 6) is -0.142. The molecule has 20 heteroatoms. The Morgan fingerprint density at radius 1 is 1.23 bits per heavy atom. The maximum absolute atomic E-state index is 12.0. The van der Waals surface area contributed by atoms with Gasteiger partial charge in [-0.3, -0.25) is 9.09 Å². The Morgan fingerprint density at radius 3 is 2.35 bits per heavy atom. The van der Waals surface area contributed by atoms with Crippen LogP contribution in [0.4, 0.5) is 5.82 Å². The van der Waals surface area contributed by atoms with Gasteiger partial charge >= 0.3 is 29.2 Å². The molecule has 1 aliphatic rings. The van der Waals surface area contributed by atoms with Crippen LogP contribution in [0.15, 0.2) is 29.7 Å². The van der Waals surface area contributed by atoms with E-state index in [0.29, 0.717) is 0 Å². The molecule has 6 atom stereocenters. The maximum atomic E-state index is 12.0. The Hall–Kier alpha value is -1.29. The van der Waals surface area contributed by atoms with Gasteiger partial charge < -0.3 is 40.3 Å². The normalized spacial score (nSPS) is 30.5. The fourth-order valence-electron chi connectivity index (χ4n) is 2.48. The molecule has 2 unspecified atom stereocenters. The fraction of sp³-hybridized carbons (Fsp3) is 0.455. The molecule has 8 N–H and O–H groups in total. The number of nitrogen functional groups attached to an aromatic ring is 1. The van der Waals surface area contributed by atoms with Gasteiger partial charge in [-0.2, -0.15) is 13.6 Å². The number of aliphatic hydroxyl groups excluding tert-OH is 2. The van der Waals surface area contributed by atoms with Crippen molar-refractivity contribution >= 4 is 29.3 Å². The van der Waals surface area contributed by atoms with Crippen molar-refractivity contribution in [3.63, 3.8) is 0 Å². The van der Waals surface area contributed by atoms with E-state index in [1.165, 1.54) is 6.07 Å². The third kappa shape index (κ3) is 6.37. The molecule has 0 amide bonds. The molecule has 0 radical (unpaired) electrons. The number of phosphoric acid groups is 3. The molecule has 0 aromatic carbocycles. The Morgan fingerprint density at radius 2 is 1.84 bits per heavy atom. The monoisotopic (exact) mass is 509 g/mol. The topological polar surface area (TPSA) is 270 Å². The summed E-state index contributed by atoms with van der Waals surface area (Å²) in [7, 11) is -16.9. The van der Waals surface area contributed by atoms with Gasteiger partial charge in [0, 0.05) is 6.20 Å². The molecular formula is C11H18N3O14P3. The molecule has 1 aromatic heterocycles. The van der Waals surface area contributed by atoms with E-state index in [1.807, 2.05) is 0 Å². The van der Waals surface area contributed by atoms with E-state index in [4.69, 9.17) is 25.2 Å². The van der Waals surface area contributed by atoms with Gasteiger partial charge in [0.1, 0.15) is 23.6 Å². The third-order valence-corrected chi connectivity index (χ3v) is 7.58. The van der Waals surface area contributed by atoms with Gasteiger partial charge in [-0.15, -0.1) is 6.58 Å². The van der Waals surface area contributed by atoms with Crippen LogP contribution in [0.25, 0.3) is 0 Å². The highest BCUT2D eigenvalue weighted by Crippen LogP contribution is 2.66. The molecule has 1 fully saturated rings. The van der Waals surface area contributed by atoms with Crippen LogP contribution in [-0.2, 0) is 31.6 Å². The number of phosphoric ester groups is 1. The summed E-state index contributed by atoms with van der Waals surface area (Å²) in [4.78, 5) is 51.1. The van der Waals surface area contributed by atoms with Gasteiger partial charge in [0.25, 0.3) is 0 Å². The minimum Gasteiger partial charge on any atom is -0.387 e. The highest BCUT2D eigenvalue weighted by atomic mass is 31.3. The SMILES string of the molecule is C=C[C@]1(COP(=O)(O)OP(=O)(O)OP(=O)(O)O)O[C@@H](n2ccc(N)nc2=O)[C@H](O)[C@@H]1O. The number of hydrogen-bond acceptors (Lipinski definition) is 12. The molecular weight excluding hydrogens is 491 g/mol. The smallest absolute Gasteiger partial charge is 0.387 e. The van der Waals surface area contributed by atoms with Crippen molar-refractivity contribution < 1.29 is 61.4 Å². The van der Waals surface area contributed by atoms with Gasteiger partial charge in [0.05, 0.1) is 6.61 Å². The van der Waals surface area contributed by atoms with Crippen LogP contribution in [-0.4, -0.2) is 63.8 Å². The van der Waals surface area contributed by atoms with Crippen LogP contribution in [0, 0.1) is 0 Å². The third-order valence-electron chi connectivity index (χ3n) is 3.80. The molecule has 0 aliphatic carbocycles. The van der Waals surface area contributed by atoms with Crippen LogP contribution in [0.5, 0.6) is 0 Å². The Labute approximate surface area is 172 Å². The number of aromatic nitrogens is 2. The first-order chi connectivity index (χ1) is 14.0. The Bertz CT molecular complexity index is 1040. The van der Waals surface area contributed by atoms with Crippen molar-refractivity contribution in [1.29, 1.82) is 0 Å². The lowest BCUT2D eigenvalue weighted by atomic mass is 9.96. The average molecular weight is 509 g/mol. The van der Waals surface area contributed by atoms with Gasteiger partial charge in [0.15, 0.2) is 6.23 Å². The first-order valence-electron chi connectivity index (χ1n) is 7.81. The van der Waals surface area contributed by atoms with E-state index >= 15 is 0 Å². The van der Waals surface area contributed by atoms with E-state index in [1.54, 1.807) is 0 Å². The molecule has 1 aliphatic heterocycles. The van der Waals surface area contributed by atoms with Crippen molar-refractivity contribution in [1.82, 2.24) is 9.55 Å². The minimum absolute atomic E-state index is 0.142. The Balaban J connectivity index is 2.21. The largest absolute Gasteiger partial charge is 0.490 e. The summed E-state index contributed by atoms with van der Waals surface area (Å²) < 4.78 is 51.6. The summed E-state index contributed by atoms with van der Waals surface area (Å²) in [6.45, 7) is 2.20.